The first-order chi connectivity index (χ1) is 15.6. The molecule has 1 aromatic heterocycles. The van der Waals surface area contributed by atoms with Crippen LogP contribution in [0.4, 0.5) is 5.69 Å². The summed E-state index contributed by atoms with van der Waals surface area (Å²) >= 11 is 12.6. The summed E-state index contributed by atoms with van der Waals surface area (Å²) in [6, 6.07) is 9.34. The summed E-state index contributed by atoms with van der Waals surface area (Å²) in [5.41, 5.74) is 4.98. The number of anilines is 1. The van der Waals surface area contributed by atoms with Crippen molar-refractivity contribution in [2.75, 3.05) is 25.1 Å². The van der Waals surface area contributed by atoms with Crippen molar-refractivity contribution in [1.29, 1.82) is 0 Å². The zero-order valence-corrected chi connectivity index (χ0v) is 21.1. The molecule has 0 bridgehead atoms. The predicted molar refractivity (Wildman–Crippen MR) is 136 cm³/mol. The number of hydrogen-bond acceptors (Lipinski definition) is 5. The second-order valence-electron chi connectivity index (χ2n) is 8.99. The number of pyridine rings is 1. The Morgan fingerprint density at radius 1 is 1.33 bits per heavy atom. The van der Waals surface area contributed by atoms with E-state index in [1.54, 1.807) is 13.1 Å². The average Bonchev–Trinajstić information content (AvgIpc) is 3.08. The zero-order chi connectivity index (χ0) is 23.9. The van der Waals surface area contributed by atoms with Crippen LogP contribution in [0.3, 0.4) is 0 Å². The Balaban J connectivity index is 1.84. The molecule has 0 aliphatic carbocycles. The zero-order valence-electron chi connectivity index (χ0n) is 19.6. The maximum Gasteiger partial charge on any atom is 0.325 e. The highest BCUT2D eigenvalue weighted by Gasteiger charge is 2.42. The first-order valence-electron chi connectivity index (χ1n) is 11.0. The van der Waals surface area contributed by atoms with E-state index >= 15 is 0 Å². The van der Waals surface area contributed by atoms with Crippen LogP contribution in [0.1, 0.15) is 56.6 Å². The lowest BCUT2D eigenvalue weighted by atomic mass is 9.86. The maximum atomic E-state index is 12.4. The number of likely N-dealkylation sites (N-methyl/N-ethyl adjacent to an activating group) is 1. The van der Waals surface area contributed by atoms with Crippen LogP contribution in [0.5, 0.6) is 0 Å². The van der Waals surface area contributed by atoms with E-state index in [2.05, 4.69) is 55.2 Å². The number of ether oxygens (including phenoxy) is 1. The summed E-state index contributed by atoms with van der Waals surface area (Å²) in [4.78, 5) is 21.1. The Hall–Kier alpha value is -2.64. The van der Waals surface area contributed by atoms with Gasteiger partial charge in [-0.2, -0.15) is 0 Å². The lowest BCUT2D eigenvalue weighted by molar-refractivity contribution is -0.143. The van der Waals surface area contributed by atoms with Gasteiger partial charge in [0.2, 0.25) is 0 Å². The molecule has 2 aromatic rings. The smallest absolute Gasteiger partial charge is 0.325 e. The van der Waals surface area contributed by atoms with Gasteiger partial charge < -0.3 is 19.9 Å². The van der Waals surface area contributed by atoms with Gasteiger partial charge in [0, 0.05) is 29.5 Å². The third kappa shape index (κ3) is 4.32. The van der Waals surface area contributed by atoms with Crippen molar-refractivity contribution in [3.63, 3.8) is 0 Å². The van der Waals surface area contributed by atoms with Crippen molar-refractivity contribution in [2.45, 2.75) is 45.3 Å². The molecule has 2 aliphatic rings. The summed E-state index contributed by atoms with van der Waals surface area (Å²) in [6.07, 6.45) is 4.01. The third-order valence-electron chi connectivity index (χ3n) is 6.46. The van der Waals surface area contributed by atoms with Crippen LogP contribution < -0.4 is 10.2 Å². The third-order valence-corrected chi connectivity index (χ3v) is 7.14. The minimum Gasteiger partial charge on any atom is -0.465 e. The SMILES string of the molecule is CCOC(=O)CN1C(=S)N[C@@H](c2ccccn2)[C@@H]1c1cc2c(cc1Cl)N(C)C(C)(C)C=C2C. The topological polar surface area (TPSA) is 57.7 Å². The minimum absolute atomic E-state index is 0.0306. The van der Waals surface area contributed by atoms with Crippen LogP contribution in [-0.2, 0) is 9.53 Å². The molecule has 2 aliphatic heterocycles. The van der Waals surface area contributed by atoms with E-state index in [1.165, 1.54) is 5.57 Å². The highest BCUT2D eigenvalue weighted by atomic mass is 35.5. The lowest BCUT2D eigenvalue weighted by Crippen LogP contribution is -2.42. The molecule has 6 nitrogen and oxygen atoms in total. The maximum absolute atomic E-state index is 12.4. The van der Waals surface area contributed by atoms with Gasteiger partial charge in [0.05, 0.1) is 29.9 Å². The lowest BCUT2D eigenvalue weighted by Gasteiger charge is -2.41. The number of benzene rings is 1. The fourth-order valence-corrected chi connectivity index (χ4v) is 5.25. The molecule has 1 N–H and O–H groups in total. The van der Waals surface area contributed by atoms with E-state index < -0.39 is 0 Å². The summed E-state index contributed by atoms with van der Waals surface area (Å²) in [7, 11) is 2.08. The van der Waals surface area contributed by atoms with Gasteiger partial charge in [-0.05, 0) is 75.3 Å². The number of hydrogen-bond donors (Lipinski definition) is 1. The van der Waals surface area contributed by atoms with Crippen LogP contribution in [0.2, 0.25) is 5.02 Å². The molecular formula is C25H29ClN4O2S. The number of rotatable bonds is 5. The number of allylic oxidation sites excluding steroid dienone is 1. The number of aromatic nitrogens is 1. The van der Waals surface area contributed by atoms with E-state index in [0.717, 1.165) is 22.5 Å². The Morgan fingerprint density at radius 2 is 2.09 bits per heavy atom. The Labute approximate surface area is 205 Å². The van der Waals surface area contributed by atoms with Crippen molar-refractivity contribution in [3.05, 3.63) is 64.4 Å². The second-order valence-corrected chi connectivity index (χ2v) is 9.78. The highest BCUT2D eigenvalue weighted by Crippen LogP contribution is 2.46. The molecule has 4 rings (SSSR count). The Kier molecular flexibility index (Phi) is 6.38. The van der Waals surface area contributed by atoms with Gasteiger partial charge in [0.1, 0.15) is 6.54 Å². The molecule has 0 amide bonds. The van der Waals surface area contributed by atoms with Crippen LogP contribution in [0.25, 0.3) is 5.57 Å². The molecule has 1 fully saturated rings. The predicted octanol–water partition coefficient (Wildman–Crippen LogP) is 4.90. The molecule has 3 heterocycles. The summed E-state index contributed by atoms with van der Waals surface area (Å²) in [5, 5.41) is 4.46. The summed E-state index contributed by atoms with van der Waals surface area (Å²) in [5.74, 6) is -0.333. The largest absolute Gasteiger partial charge is 0.465 e. The number of fused-ring (bicyclic) bond motifs is 1. The van der Waals surface area contributed by atoms with Crippen LogP contribution in [-0.4, -0.2) is 46.7 Å². The average molecular weight is 485 g/mol. The van der Waals surface area contributed by atoms with Crippen LogP contribution in [0, 0.1) is 0 Å². The fraction of sp³-hybridized carbons (Fsp3) is 0.400. The molecule has 1 aromatic carbocycles. The number of carbonyl (C=O) groups excluding carboxylic acids is 1. The summed E-state index contributed by atoms with van der Waals surface area (Å²) in [6.45, 7) is 8.61. The molecular weight excluding hydrogens is 456 g/mol. The molecule has 2 atom stereocenters. The monoisotopic (exact) mass is 484 g/mol. The standard InChI is InChI=1S/C25H29ClN4O2S/c1-6-32-21(31)14-30-23(22(28-24(30)33)19-9-7-8-10-27-19)17-11-16-15(2)13-25(3,4)29(5)20(16)12-18(17)26/h7-13,22-23H,6,14H2,1-5H3,(H,28,33)/t22-,23-/m0/s1. The molecule has 0 unspecified atom stereocenters. The van der Waals surface area contributed by atoms with Crippen molar-refractivity contribution in [1.82, 2.24) is 15.2 Å². The molecule has 0 radical (unpaired) electrons. The number of thiocarbonyl (C=S) groups is 1. The minimum atomic E-state index is -0.333. The number of nitrogens with one attached hydrogen (secondary N) is 1. The van der Waals surface area contributed by atoms with Gasteiger partial charge in [0.25, 0.3) is 0 Å². The van der Waals surface area contributed by atoms with Gasteiger partial charge in [-0.1, -0.05) is 23.7 Å². The van der Waals surface area contributed by atoms with Gasteiger partial charge in [-0.3, -0.25) is 9.78 Å². The van der Waals surface area contributed by atoms with E-state index in [0.29, 0.717) is 16.7 Å². The Bertz CT molecular complexity index is 1120. The molecule has 33 heavy (non-hydrogen) atoms. The van der Waals surface area contributed by atoms with Gasteiger partial charge in [0.15, 0.2) is 5.11 Å². The fourth-order valence-electron chi connectivity index (χ4n) is 4.67. The van der Waals surface area contributed by atoms with Crippen LogP contribution in [0.15, 0.2) is 42.6 Å². The second kappa shape index (κ2) is 8.95. The highest BCUT2D eigenvalue weighted by molar-refractivity contribution is 7.80. The Morgan fingerprint density at radius 3 is 2.76 bits per heavy atom. The number of halogens is 1. The van der Waals surface area contributed by atoms with E-state index in [-0.39, 0.29) is 30.1 Å². The number of carbonyl (C=O) groups is 1. The molecule has 0 spiro atoms. The molecule has 8 heteroatoms. The number of nitrogens with zero attached hydrogens (tertiary/aromatic N) is 3. The van der Waals surface area contributed by atoms with E-state index in [4.69, 9.17) is 28.6 Å². The molecule has 0 saturated carbocycles. The quantitative estimate of drug-likeness (QED) is 0.478. The van der Waals surface area contributed by atoms with Crippen molar-refractivity contribution >= 4 is 46.2 Å². The van der Waals surface area contributed by atoms with Gasteiger partial charge >= 0.3 is 5.97 Å². The molecule has 174 valence electrons. The van der Waals surface area contributed by atoms with E-state index in [1.807, 2.05) is 29.2 Å². The van der Waals surface area contributed by atoms with Gasteiger partial charge in [-0.25, -0.2) is 0 Å². The normalized spacial score (nSPS) is 21.4. The number of esters is 1. The van der Waals surface area contributed by atoms with Crippen molar-refractivity contribution < 1.29 is 9.53 Å². The first-order valence-corrected chi connectivity index (χ1v) is 11.8. The van der Waals surface area contributed by atoms with Crippen molar-refractivity contribution in [3.8, 4) is 0 Å². The first kappa shape index (κ1) is 23.5. The van der Waals surface area contributed by atoms with Gasteiger partial charge in [-0.15, -0.1) is 0 Å². The molecule has 1 saturated heterocycles. The summed E-state index contributed by atoms with van der Waals surface area (Å²) < 4.78 is 5.22. The van der Waals surface area contributed by atoms with Crippen LogP contribution >= 0.6 is 23.8 Å². The van der Waals surface area contributed by atoms with Crippen molar-refractivity contribution in [2.24, 2.45) is 0 Å². The van der Waals surface area contributed by atoms with E-state index in [9.17, 15) is 4.79 Å².